The van der Waals surface area contributed by atoms with Crippen LogP contribution in [-0.4, -0.2) is 24.5 Å². The van der Waals surface area contributed by atoms with E-state index in [9.17, 15) is 9.59 Å². The molecule has 5 nitrogen and oxygen atoms in total. The number of hydrogen-bond donors (Lipinski definition) is 2. The van der Waals surface area contributed by atoms with E-state index in [-0.39, 0.29) is 17.7 Å². The van der Waals surface area contributed by atoms with Gasteiger partial charge >= 0.3 is 0 Å². The first-order valence-electron chi connectivity index (χ1n) is 7.58. The van der Waals surface area contributed by atoms with E-state index in [1.807, 2.05) is 24.3 Å². The third-order valence-corrected chi connectivity index (χ3v) is 4.14. The molecule has 1 saturated carbocycles. The lowest BCUT2D eigenvalue weighted by Crippen LogP contribution is -2.40. The van der Waals surface area contributed by atoms with E-state index in [1.54, 1.807) is 0 Å². The van der Waals surface area contributed by atoms with E-state index in [2.05, 4.69) is 10.6 Å². The van der Waals surface area contributed by atoms with Crippen LogP contribution in [0.2, 0.25) is 0 Å². The molecule has 1 unspecified atom stereocenters. The Bertz CT molecular complexity index is 538. The van der Waals surface area contributed by atoms with Crippen molar-refractivity contribution in [1.29, 1.82) is 0 Å². The monoisotopic (exact) mass is 288 g/mol. The molecule has 5 heteroatoms. The number of anilines is 1. The van der Waals surface area contributed by atoms with Crippen molar-refractivity contribution in [1.82, 2.24) is 5.32 Å². The van der Waals surface area contributed by atoms with Crippen molar-refractivity contribution in [3.63, 3.8) is 0 Å². The number of carbonyl (C=O) groups excluding carboxylic acids is 2. The Morgan fingerprint density at radius 3 is 2.86 bits per heavy atom. The van der Waals surface area contributed by atoms with Crippen molar-refractivity contribution >= 4 is 17.5 Å². The third kappa shape index (κ3) is 3.17. The Morgan fingerprint density at radius 1 is 1.29 bits per heavy atom. The van der Waals surface area contributed by atoms with Crippen LogP contribution in [-0.2, 0) is 9.59 Å². The lowest BCUT2D eigenvalue weighted by molar-refractivity contribution is -0.126. The summed E-state index contributed by atoms with van der Waals surface area (Å²) in [5, 5.41) is 5.74. The van der Waals surface area contributed by atoms with Gasteiger partial charge in [0.05, 0.1) is 5.69 Å². The van der Waals surface area contributed by atoms with Crippen molar-refractivity contribution in [3.8, 4) is 5.75 Å². The number of rotatable bonds is 4. The van der Waals surface area contributed by atoms with Crippen LogP contribution in [0.1, 0.15) is 32.1 Å². The molecule has 1 aromatic rings. The number of amides is 2. The summed E-state index contributed by atoms with van der Waals surface area (Å²) in [6, 6.07) is 7.37. The second-order valence-electron chi connectivity index (χ2n) is 5.65. The van der Waals surface area contributed by atoms with Gasteiger partial charge in [-0.15, -0.1) is 0 Å². The van der Waals surface area contributed by atoms with Gasteiger partial charge in [0.15, 0.2) is 6.10 Å². The molecule has 1 atom stereocenters. The average Bonchev–Trinajstić information content (AvgIpc) is 3.02. The van der Waals surface area contributed by atoms with Gasteiger partial charge in [-0.25, -0.2) is 0 Å². The molecule has 0 aromatic heterocycles. The maximum Gasteiger partial charge on any atom is 0.265 e. The number of ether oxygens (including phenoxy) is 1. The Hall–Kier alpha value is -2.04. The molecule has 1 fully saturated rings. The highest BCUT2D eigenvalue weighted by Gasteiger charge is 2.28. The molecule has 21 heavy (non-hydrogen) atoms. The molecule has 0 spiro atoms. The summed E-state index contributed by atoms with van der Waals surface area (Å²) in [5.41, 5.74) is 0.703. The van der Waals surface area contributed by atoms with Gasteiger partial charge < -0.3 is 15.4 Å². The molecule has 2 aliphatic rings. The van der Waals surface area contributed by atoms with Crippen LogP contribution in [0.3, 0.4) is 0 Å². The molecule has 2 N–H and O–H groups in total. The first kappa shape index (κ1) is 13.9. The van der Waals surface area contributed by atoms with Gasteiger partial charge in [-0.3, -0.25) is 9.59 Å². The lowest BCUT2D eigenvalue weighted by atomic mass is 10.1. The molecule has 3 rings (SSSR count). The summed E-state index contributed by atoms with van der Waals surface area (Å²) in [4.78, 5) is 23.9. The minimum atomic E-state index is -0.538. The fraction of sp³-hybridized carbons (Fsp3) is 0.500. The van der Waals surface area contributed by atoms with Crippen molar-refractivity contribution in [3.05, 3.63) is 24.3 Å². The van der Waals surface area contributed by atoms with Gasteiger partial charge in [-0.2, -0.15) is 0 Å². The summed E-state index contributed by atoms with van der Waals surface area (Å²) in [6.45, 7) is 0.468. The molecule has 1 aliphatic heterocycles. The predicted octanol–water partition coefficient (Wildman–Crippen LogP) is 2.08. The van der Waals surface area contributed by atoms with Crippen LogP contribution in [0.25, 0.3) is 0 Å². The smallest absolute Gasteiger partial charge is 0.265 e. The largest absolute Gasteiger partial charge is 0.478 e. The summed E-state index contributed by atoms with van der Waals surface area (Å²) in [5.74, 6) is 0.809. The molecule has 1 aliphatic carbocycles. The highest BCUT2D eigenvalue weighted by molar-refractivity contribution is 5.97. The molecule has 112 valence electrons. The maximum atomic E-state index is 11.9. The first-order chi connectivity index (χ1) is 10.2. The van der Waals surface area contributed by atoms with Gasteiger partial charge in [0, 0.05) is 18.9 Å². The lowest BCUT2D eigenvalue weighted by Gasteiger charge is -2.25. The number of nitrogens with one attached hydrogen (secondary N) is 2. The van der Waals surface area contributed by atoms with Crippen LogP contribution in [0, 0.1) is 5.92 Å². The average molecular weight is 288 g/mol. The molecular weight excluding hydrogens is 268 g/mol. The van der Waals surface area contributed by atoms with Crippen LogP contribution < -0.4 is 15.4 Å². The number of carbonyl (C=O) groups is 2. The second kappa shape index (κ2) is 6.16. The predicted molar refractivity (Wildman–Crippen MR) is 79.1 cm³/mol. The highest BCUT2D eigenvalue weighted by Crippen LogP contribution is 2.29. The number of benzene rings is 1. The zero-order valence-corrected chi connectivity index (χ0v) is 11.9. The zero-order chi connectivity index (χ0) is 14.7. The third-order valence-electron chi connectivity index (χ3n) is 4.14. The molecule has 1 aromatic carbocycles. The van der Waals surface area contributed by atoms with E-state index in [0.717, 1.165) is 25.7 Å². The molecule has 1 heterocycles. The quantitative estimate of drug-likeness (QED) is 0.891. The van der Waals surface area contributed by atoms with Crippen LogP contribution in [0.4, 0.5) is 5.69 Å². The maximum absolute atomic E-state index is 11.9. The van der Waals surface area contributed by atoms with Crippen molar-refractivity contribution in [2.45, 2.75) is 38.2 Å². The zero-order valence-electron chi connectivity index (χ0n) is 11.9. The van der Waals surface area contributed by atoms with Gasteiger partial charge in [0.1, 0.15) is 5.75 Å². The minimum Gasteiger partial charge on any atom is -0.478 e. The second-order valence-corrected chi connectivity index (χ2v) is 5.65. The number of hydrogen-bond acceptors (Lipinski definition) is 3. The van der Waals surface area contributed by atoms with Crippen molar-refractivity contribution < 1.29 is 14.3 Å². The van der Waals surface area contributed by atoms with Crippen molar-refractivity contribution in [2.24, 2.45) is 5.92 Å². The van der Waals surface area contributed by atoms with Gasteiger partial charge in [-0.05, 0) is 25.0 Å². The fourth-order valence-corrected chi connectivity index (χ4v) is 2.94. The fourth-order valence-electron chi connectivity index (χ4n) is 2.94. The van der Waals surface area contributed by atoms with Gasteiger partial charge in [-0.1, -0.05) is 25.0 Å². The Labute approximate surface area is 124 Å². The minimum absolute atomic E-state index is 0.115. The van der Waals surface area contributed by atoms with E-state index < -0.39 is 6.10 Å². The number of para-hydroxylation sites is 2. The van der Waals surface area contributed by atoms with E-state index in [1.165, 1.54) is 0 Å². The van der Waals surface area contributed by atoms with E-state index in [4.69, 9.17) is 4.74 Å². The van der Waals surface area contributed by atoms with Crippen LogP contribution >= 0.6 is 0 Å². The Kier molecular flexibility index (Phi) is 4.08. The van der Waals surface area contributed by atoms with E-state index in [0.29, 0.717) is 24.4 Å². The standard InChI is InChI=1S/C16H20N2O3/c19-15(11-5-1-2-6-11)17-10-9-14-16(20)18-12-7-3-4-8-13(12)21-14/h3-4,7-8,11,14H,1-2,5-6,9-10H2,(H,17,19)(H,18,20). The molecule has 0 bridgehead atoms. The SMILES string of the molecule is O=C(NCCC1Oc2ccccc2NC1=O)C1CCCC1. The first-order valence-corrected chi connectivity index (χ1v) is 7.58. The Morgan fingerprint density at radius 2 is 2.05 bits per heavy atom. The summed E-state index contributed by atoms with van der Waals surface area (Å²) in [6.07, 6.45) is 4.20. The summed E-state index contributed by atoms with van der Waals surface area (Å²) in [7, 11) is 0. The highest BCUT2D eigenvalue weighted by atomic mass is 16.5. The molecular formula is C16H20N2O3. The molecule has 0 radical (unpaired) electrons. The topological polar surface area (TPSA) is 67.4 Å². The molecule has 0 saturated heterocycles. The van der Waals surface area contributed by atoms with Gasteiger partial charge in [0.25, 0.3) is 5.91 Å². The van der Waals surface area contributed by atoms with Crippen LogP contribution in [0.15, 0.2) is 24.3 Å². The summed E-state index contributed by atoms with van der Waals surface area (Å²) >= 11 is 0. The van der Waals surface area contributed by atoms with E-state index >= 15 is 0 Å². The molecule has 2 amide bonds. The van der Waals surface area contributed by atoms with Crippen LogP contribution in [0.5, 0.6) is 5.75 Å². The summed E-state index contributed by atoms with van der Waals surface area (Å²) < 4.78 is 5.69. The number of fused-ring (bicyclic) bond motifs is 1. The Balaban J connectivity index is 1.49. The normalized spacial score (nSPS) is 21.3. The van der Waals surface area contributed by atoms with Gasteiger partial charge in [0.2, 0.25) is 5.91 Å². The van der Waals surface area contributed by atoms with Crippen molar-refractivity contribution in [2.75, 3.05) is 11.9 Å².